The second-order valence-corrected chi connectivity index (χ2v) is 9.01. The normalized spacial score (nSPS) is 16.3. The van der Waals surface area contributed by atoms with E-state index in [0.29, 0.717) is 23.7 Å². The van der Waals surface area contributed by atoms with Crippen LogP contribution in [0.5, 0.6) is 0 Å². The molecule has 0 bridgehead atoms. The summed E-state index contributed by atoms with van der Waals surface area (Å²) in [5, 5.41) is 7.82. The highest BCUT2D eigenvalue weighted by molar-refractivity contribution is 5.78. The molecule has 3 aromatic rings. The third-order valence-electron chi connectivity index (χ3n) is 6.96. The first-order valence-corrected chi connectivity index (χ1v) is 11.1. The smallest absolute Gasteiger partial charge is 0.275 e. The number of aryl methyl sites for hydroxylation is 2. The SMILES string of the molecule is Cc1nn(CC(C)C(=O)N2CCC(c3cc4nc(C)c(C)c(=O)n4[nH]3)CC2)c(C)c1C. The zero-order valence-corrected chi connectivity index (χ0v) is 19.3. The van der Waals surface area contributed by atoms with Crippen molar-refractivity contribution in [3.05, 3.63) is 50.3 Å². The highest BCUT2D eigenvalue weighted by Crippen LogP contribution is 2.28. The van der Waals surface area contributed by atoms with E-state index in [2.05, 4.69) is 29.0 Å². The highest BCUT2D eigenvalue weighted by Gasteiger charge is 2.28. The number of nitrogens with one attached hydrogen (secondary N) is 1. The van der Waals surface area contributed by atoms with E-state index in [1.54, 1.807) is 6.92 Å². The van der Waals surface area contributed by atoms with Crippen LogP contribution in [0.1, 0.15) is 59.6 Å². The van der Waals surface area contributed by atoms with Crippen LogP contribution in [0.25, 0.3) is 5.65 Å². The Hall–Kier alpha value is -2.90. The van der Waals surface area contributed by atoms with Gasteiger partial charge in [-0.1, -0.05) is 6.92 Å². The molecule has 1 fully saturated rings. The van der Waals surface area contributed by atoms with Crippen LogP contribution < -0.4 is 5.56 Å². The molecule has 0 saturated carbocycles. The van der Waals surface area contributed by atoms with Gasteiger partial charge in [0, 0.05) is 47.7 Å². The molecule has 4 heterocycles. The van der Waals surface area contributed by atoms with Gasteiger partial charge in [-0.2, -0.15) is 5.10 Å². The largest absolute Gasteiger partial charge is 0.342 e. The summed E-state index contributed by atoms with van der Waals surface area (Å²) in [6.45, 7) is 13.8. The minimum Gasteiger partial charge on any atom is -0.342 e. The van der Waals surface area contributed by atoms with Gasteiger partial charge in [-0.3, -0.25) is 19.4 Å². The second kappa shape index (κ2) is 7.98. The number of rotatable bonds is 4. The number of likely N-dealkylation sites (tertiary alicyclic amines) is 1. The first kappa shape index (κ1) is 21.3. The van der Waals surface area contributed by atoms with Crippen molar-refractivity contribution in [1.82, 2.24) is 29.3 Å². The molecule has 3 aromatic heterocycles. The summed E-state index contributed by atoms with van der Waals surface area (Å²) in [7, 11) is 0. The number of hydrogen-bond donors (Lipinski definition) is 1. The first-order valence-electron chi connectivity index (χ1n) is 11.1. The van der Waals surface area contributed by atoms with Gasteiger partial charge in [-0.15, -0.1) is 0 Å². The molecule has 1 unspecified atom stereocenters. The van der Waals surface area contributed by atoms with Gasteiger partial charge in [0.1, 0.15) is 0 Å². The molecule has 0 spiro atoms. The lowest BCUT2D eigenvalue weighted by Gasteiger charge is -2.33. The van der Waals surface area contributed by atoms with Crippen molar-refractivity contribution >= 4 is 11.6 Å². The molecule has 1 amide bonds. The van der Waals surface area contributed by atoms with Gasteiger partial charge in [-0.25, -0.2) is 9.50 Å². The monoisotopic (exact) mass is 424 g/mol. The van der Waals surface area contributed by atoms with Gasteiger partial charge < -0.3 is 4.90 Å². The number of carbonyl (C=O) groups excluding carboxylic acids is 1. The van der Waals surface area contributed by atoms with E-state index in [1.807, 2.05) is 36.4 Å². The average molecular weight is 425 g/mol. The molecule has 0 aromatic carbocycles. The summed E-state index contributed by atoms with van der Waals surface area (Å²) >= 11 is 0. The highest BCUT2D eigenvalue weighted by atomic mass is 16.2. The maximum atomic E-state index is 13.0. The number of fused-ring (bicyclic) bond motifs is 1. The van der Waals surface area contributed by atoms with Crippen LogP contribution in [0.4, 0.5) is 0 Å². The van der Waals surface area contributed by atoms with Gasteiger partial charge in [0.05, 0.1) is 18.2 Å². The van der Waals surface area contributed by atoms with Gasteiger partial charge in [0.25, 0.3) is 5.56 Å². The van der Waals surface area contributed by atoms with Gasteiger partial charge in [-0.05, 0) is 53.0 Å². The van der Waals surface area contributed by atoms with Gasteiger partial charge in [0.2, 0.25) is 5.91 Å². The fraction of sp³-hybridized carbons (Fsp3) is 0.565. The lowest BCUT2D eigenvalue weighted by atomic mass is 9.93. The van der Waals surface area contributed by atoms with Crippen molar-refractivity contribution in [2.24, 2.45) is 5.92 Å². The molecule has 1 atom stereocenters. The van der Waals surface area contributed by atoms with Gasteiger partial charge in [0.15, 0.2) is 5.65 Å². The Balaban J connectivity index is 1.41. The number of carbonyl (C=O) groups is 1. The average Bonchev–Trinajstić information content (AvgIpc) is 3.28. The van der Waals surface area contributed by atoms with Crippen molar-refractivity contribution in [2.75, 3.05) is 13.1 Å². The Bertz CT molecular complexity index is 1190. The number of amides is 1. The second-order valence-electron chi connectivity index (χ2n) is 9.01. The molecular weight excluding hydrogens is 392 g/mol. The summed E-state index contributed by atoms with van der Waals surface area (Å²) in [5.74, 6) is 0.361. The fourth-order valence-electron chi connectivity index (χ4n) is 4.47. The number of aromatic amines is 1. The van der Waals surface area contributed by atoms with Crippen molar-refractivity contribution in [1.29, 1.82) is 0 Å². The lowest BCUT2D eigenvalue weighted by molar-refractivity contribution is -0.136. The van der Waals surface area contributed by atoms with Crippen molar-refractivity contribution < 1.29 is 4.79 Å². The van der Waals surface area contributed by atoms with E-state index in [0.717, 1.165) is 48.7 Å². The molecule has 8 nitrogen and oxygen atoms in total. The standard InChI is InChI=1S/C23H32N6O2/c1-13(12-28-18(6)14(2)17(5)25-28)22(30)27-9-7-19(8-10-27)20-11-21-24-16(4)15(3)23(31)29(21)26-20/h11,13,19,26H,7-10,12H2,1-6H3. The Morgan fingerprint density at radius 1 is 1.13 bits per heavy atom. The molecule has 1 saturated heterocycles. The summed E-state index contributed by atoms with van der Waals surface area (Å²) in [6, 6.07) is 1.98. The minimum atomic E-state index is -0.115. The van der Waals surface area contributed by atoms with E-state index in [-0.39, 0.29) is 17.4 Å². The molecule has 31 heavy (non-hydrogen) atoms. The van der Waals surface area contributed by atoms with Crippen LogP contribution in [0.15, 0.2) is 10.9 Å². The maximum Gasteiger partial charge on any atom is 0.275 e. The van der Waals surface area contributed by atoms with E-state index in [4.69, 9.17) is 0 Å². The zero-order valence-electron chi connectivity index (χ0n) is 19.3. The topological polar surface area (TPSA) is 88.3 Å². The minimum absolute atomic E-state index is 0.0467. The van der Waals surface area contributed by atoms with Crippen LogP contribution in [-0.4, -0.2) is 48.3 Å². The Morgan fingerprint density at radius 2 is 1.81 bits per heavy atom. The van der Waals surface area contributed by atoms with Gasteiger partial charge >= 0.3 is 0 Å². The molecule has 8 heteroatoms. The van der Waals surface area contributed by atoms with Crippen molar-refractivity contribution in [2.45, 2.75) is 66.8 Å². The third kappa shape index (κ3) is 3.79. The van der Waals surface area contributed by atoms with Crippen LogP contribution in [0, 0.1) is 40.5 Å². The Morgan fingerprint density at radius 3 is 2.42 bits per heavy atom. The fourth-order valence-corrected chi connectivity index (χ4v) is 4.47. The summed E-state index contributed by atoms with van der Waals surface area (Å²) < 4.78 is 3.49. The van der Waals surface area contributed by atoms with E-state index >= 15 is 0 Å². The molecule has 1 N–H and O–H groups in total. The van der Waals surface area contributed by atoms with Crippen LogP contribution in [-0.2, 0) is 11.3 Å². The van der Waals surface area contributed by atoms with E-state index in [9.17, 15) is 9.59 Å². The first-order chi connectivity index (χ1) is 14.7. The predicted molar refractivity (Wildman–Crippen MR) is 119 cm³/mol. The van der Waals surface area contributed by atoms with Crippen LogP contribution in [0.3, 0.4) is 0 Å². The van der Waals surface area contributed by atoms with Crippen molar-refractivity contribution in [3.63, 3.8) is 0 Å². The molecule has 1 aliphatic heterocycles. The molecule has 0 aliphatic carbocycles. The predicted octanol–water partition coefficient (Wildman–Crippen LogP) is 2.80. The molecule has 166 valence electrons. The molecule has 0 radical (unpaired) electrons. The Labute approximate surface area is 182 Å². The Kier molecular flexibility index (Phi) is 5.49. The molecule has 1 aliphatic rings. The van der Waals surface area contributed by atoms with E-state index in [1.165, 1.54) is 10.1 Å². The zero-order chi connectivity index (χ0) is 22.4. The lowest BCUT2D eigenvalue weighted by Crippen LogP contribution is -2.41. The number of hydrogen-bond acceptors (Lipinski definition) is 4. The van der Waals surface area contributed by atoms with E-state index < -0.39 is 0 Å². The maximum absolute atomic E-state index is 13.0. The van der Waals surface area contributed by atoms with Crippen LogP contribution >= 0.6 is 0 Å². The van der Waals surface area contributed by atoms with Crippen molar-refractivity contribution in [3.8, 4) is 0 Å². The summed E-state index contributed by atoms with van der Waals surface area (Å²) in [6.07, 6.45) is 1.74. The molecular formula is C23H32N6O2. The summed E-state index contributed by atoms with van der Waals surface area (Å²) in [4.78, 5) is 32.0. The summed E-state index contributed by atoms with van der Waals surface area (Å²) in [5.41, 5.74) is 6.41. The molecule has 4 rings (SSSR count). The number of aromatic nitrogens is 5. The number of nitrogens with zero attached hydrogens (tertiary/aromatic N) is 5. The number of H-pyrrole nitrogens is 1. The third-order valence-corrected chi connectivity index (χ3v) is 6.96. The quantitative estimate of drug-likeness (QED) is 0.698. The number of piperidine rings is 1. The van der Waals surface area contributed by atoms with Crippen LogP contribution in [0.2, 0.25) is 0 Å².